The molecule has 0 aliphatic rings. The van der Waals surface area contributed by atoms with Gasteiger partial charge in [0.15, 0.2) is 10.4 Å². The molecule has 7 nitrogen and oxygen atoms in total. The Hall–Kier alpha value is -2.68. The van der Waals surface area contributed by atoms with Crippen LogP contribution in [-0.2, 0) is 22.6 Å². The first-order valence-electron chi connectivity index (χ1n) is 8.50. The monoisotopic (exact) mass is 417 g/mol. The molecule has 0 unspecified atom stereocenters. The minimum atomic E-state index is -0.583. The quantitative estimate of drug-likeness (QED) is 0.500. The fourth-order valence-corrected chi connectivity index (χ4v) is 4.32. The van der Waals surface area contributed by atoms with Gasteiger partial charge in [-0.05, 0) is 30.3 Å². The number of carbonyl (C=O) groups is 1. The second-order valence-corrected chi connectivity index (χ2v) is 7.51. The van der Waals surface area contributed by atoms with Crippen molar-refractivity contribution in [2.45, 2.75) is 13.1 Å². The lowest BCUT2D eigenvalue weighted by Crippen LogP contribution is -2.23. The van der Waals surface area contributed by atoms with Crippen LogP contribution in [0.15, 0.2) is 56.7 Å². The van der Waals surface area contributed by atoms with Crippen LogP contribution in [-0.4, -0.2) is 28.8 Å². The molecule has 1 amide bonds. The number of thiazole rings is 1. The number of nitrogens with zero attached hydrogens (tertiary/aromatic N) is 3. The smallest absolute Gasteiger partial charge is 0.408 e. The SMILES string of the molecule is COCCn1c(=NC(=O)Cn2c(=O)oc3ccccc32)sc2cc(Cl)ccc21. The lowest BCUT2D eigenvalue weighted by atomic mass is 10.3. The lowest BCUT2D eigenvalue weighted by molar-refractivity contribution is -0.118. The molecule has 4 aromatic rings. The Morgan fingerprint density at radius 1 is 1.21 bits per heavy atom. The first-order chi connectivity index (χ1) is 13.6. The molecular formula is C19H16ClN3O4S. The van der Waals surface area contributed by atoms with E-state index in [1.807, 2.05) is 16.7 Å². The van der Waals surface area contributed by atoms with Crippen LogP contribution < -0.4 is 10.6 Å². The fraction of sp³-hybridized carbons (Fsp3) is 0.211. The number of rotatable bonds is 5. The van der Waals surface area contributed by atoms with Gasteiger partial charge in [-0.1, -0.05) is 35.1 Å². The van der Waals surface area contributed by atoms with Gasteiger partial charge in [0.25, 0.3) is 5.91 Å². The highest BCUT2D eigenvalue weighted by molar-refractivity contribution is 7.16. The van der Waals surface area contributed by atoms with E-state index in [9.17, 15) is 9.59 Å². The van der Waals surface area contributed by atoms with E-state index in [0.717, 1.165) is 10.2 Å². The van der Waals surface area contributed by atoms with Crippen molar-refractivity contribution in [3.05, 3.63) is 62.8 Å². The molecule has 0 fully saturated rings. The van der Waals surface area contributed by atoms with E-state index in [0.29, 0.717) is 34.1 Å². The van der Waals surface area contributed by atoms with Crippen LogP contribution in [0.1, 0.15) is 0 Å². The number of hydrogen-bond donors (Lipinski definition) is 0. The summed E-state index contributed by atoms with van der Waals surface area (Å²) in [5.74, 6) is -1.03. The average molecular weight is 418 g/mol. The highest BCUT2D eigenvalue weighted by Crippen LogP contribution is 2.22. The Balaban J connectivity index is 1.75. The van der Waals surface area contributed by atoms with E-state index in [1.165, 1.54) is 15.9 Å². The molecule has 0 saturated heterocycles. The van der Waals surface area contributed by atoms with Crippen molar-refractivity contribution in [1.82, 2.24) is 9.13 Å². The van der Waals surface area contributed by atoms with Crippen molar-refractivity contribution in [3.63, 3.8) is 0 Å². The zero-order valence-electron chi connectivity index (χ0n) is 14.9. The first-order valence-corrected chi connectivity index (χ1v) is 9.70. The molecule has 2 heterocycles. The second kappa shape index (κ2) is 7.75. The number of hydrogen-bond acceptors (Lipinski definition) is 5. The summed E-state index contributed by atoms with van der Waals surface area (Å²) in [7, 11) is 1.62. The molecule has 0 radical (unpaired) electrons. The second-order valence-electron chi connectivity index (χ2n) is 6.07. The van der Waals surface area contributed by atoms with Crippen molar-refractivity contribution in [1.29, 1.82) is 0 Å². The molecule has 0 spiro atoms. The molecule has 0 aliphatic heterocycles. The van der Waals surface area contributed by atoms with Gasteiger partial charge in [0, 0.05) is 18.7 Å². The molecule has 0 bridgehead atoms. The number of carbonyl (C=O) groups excluding carboxylic acids is 1. The highest BCUT2D eigenvalue weighted by atomic mass is 35.5. The number of fused-ring (bicyclic) bond motifs is 2. The molecular weight excluding hydrogens is 402 g/mol. The average Bonchev–Trinajstić information content (AvgIpc) is 3.16. The number of benzene rings is 2. The number of oxazole rings is 1. The number of halogens is 1. The maximum atomic E-state index is 12.6. The summed E-state index contributed by atoms with van der Waals surface area (Å²) in [6.45, 7) is 0.815. The summed E-state index contributed by atoms with van der Waals surface area (Å²) in [4.78, 5) is 29.5. The molecule has 2 aromatic heterocycles. The van der Waals surface area contributed by atoms with E-state index in [-0.39, 0.29) is 6.54 Å². The van der Waals surface area contributed by atoms with E-state index in [1.54, 1.807) is 37.4 Å². The van der Waals surface area contributed by atoms with Gasteiger partial charge in [0.05, 0.1) is 22.3 Å². The molecule has 28 heavy (non-hydrogen) atoms. The lowest BCUT2D eigenvalue weighted by Gasteiger charge is -2.04. The van der Waals surface area contributed by atoms with Gasteiger partial charge < -0.3 is 13.7 Å². The summed E-state index contributed by atoms with van der Waals surface area (Å²) in [6.07, 6.45) is 0. The Morgan fingerprint density at radius 3 is 2.86 bits per heavy atom. The van der Waals surface area contributed by atoms with E-state index in [4.69, 9.17) is 20.8 Å². The third-order valence-corrected chi connectivity index (χ3v) is 5.53. The van der Waals surface area contributed by atoms with Crippen LogP contribution in [0.3, 0.4) is 0 Å². The third-order valence-electron chi connectivity index (χ3n) is 4.25. The molecule has 144 valence electrons. The number of methoxy groups -OCH3 is 1. The van der Waals surface area contributed by atoms with E-state index in [2.05, 4.69) is 4.99 Å². The molecule has 0 saturated carbocycles. The Labute approximate surface area is 168 Å². The predicted octanol–water partition coefficient (Wildman–Crippen LogP) is 3.04. The van der Waals surface area contributed by atoms with Gasteiger partial charge in [-0.2, -0.15) is 4.99 Å². The van der Waals surface area contributed by atoms with Gasteiger partial charge in [0.1, 0.15) is 6.54 Å². The van der Waals surface area contributed by atoms with Crippen LogP contribution >= 0.6 is 22.9 Å². The van der Waals surface area contributed by atoms with Crippen molar-refractivity contribution in [3.8, 4) is 0 Å². The number of para-hydroxylation sites is 2. The third kappa shape index (κ3) is 3.54. The summed E-state index contributed by atoms with van der Waals surface area (Å²) < 4.78 is 14.4. The van der Waals surface area contributed by atoms with Crippen LogP contribution in [0, 0.1) is 0 Å². The van der Waals surface area contributed by atoms with Crippen LogP contribution in [0.4, 0.5) is 0 Å². The molecule has 0 atom stereocenters. The largest absolute Gasteiger partial charge is 0.420 e. The Bertz CT molecular complexity index is 1300. The normalized spacial score (nSPS) is 12.3. The van der Waals surface area contributed by atoms with Crippen molar-refractivity contribution in [2.24, 2.45) is 4.99 Å². The van der Waals surface area contributed by atoms with E-state index < -0.39 is 11.7 Å². The maximum Gasteiger partial charge on any atom is 0.420 e. The van der Waals surface area contributed by atoms with Crippen LogP contribution in [0.5, 0.6) is 0 Å². The summed E-state index contributed by atoms with van der Waals surface area (Å²) in [5, 5.41) is 0.613. The highest BCUT2D eigenvalue weighted by Gasteiger charge is 2.13. The van der Waals surface area contributed by atoms with Gasteiger partial charge >= 0.3 is 5.76 Å². The molecule has 0 aliphatic carbocycles. The zero-order valence-corrected chi connectivity index (χ0v) is 16.5. The Morgan fingerprint density at radius 2 is 2.04 bits per heavy atom. The molecule has 0 N–H and O–H groups in total. The topological polar surface area (TPSA) is 78.7 Å². The summed E-state index contributed by atoms with van der Waals surface area (Å²) in [6, 6.07) is 12.5. The van der Waals surface area contributed by atoms with Crippen LogP contribution in [0.25, 0.3) is 21.3 Å². The predicted molar refractivity (Wildman–Crippen MR) is 108 cm³/mol. The van der Waals surface area contributed by atoms with Gasteiger partial charge in [-0.25, -0.2) is 4.79 Å². The van der Waals surface area contributed by atoms with Crippen molar-refractivity contribution in [2.75, 3.05) is 13.7 Å². The Kier molecular flexibility index (Phi) is 5.17. The molecule has 2 aromatic carbocycles. The molecule has 9 heteroatoms. The van der Waals surface area contributed by atoms with Crippen molar-refractivity contribution >= 4 is 50.2 Å². The van der Waals surface area contributed by atoms with Gasteiger partial charge in [-0.15, -0.1) is 0 Å². The van der Waals surface area contributed by atoms with Crippen LogP contribution in [0.2, 0.25) is 5.02 Å². The van der Waals surface area contributed by atoms with Crippen molar-refractivity contribution < 1.29 is 13.9 Å². The van der Waals surface area contributed by atoms with E-state index >= 15 is 0 Å². The minimum Gasteiger partial charge on any atom is -0.408 e. The minimum absolute atomic E-state index is 0.199. The molecule has 4 rings (SSSR count). The van der Waals surface area contributed by atoms with Gasteiger partial charge in [0.2, 0.25) is 0 Å². The zero-order chi connectivity index (χ0) is 19.7. The number of amides is 1. The first kappa shape index (κ1) is 18.7. The fourth-order valence-electron chi connectivity index (χ4n) is 2.97. The summed E-state index contributed by atoms with van der Waals surface area (Å²) >= 11 is 7.45. The number of aromatic nitrogens is 2. The standard InChI is InChI=1S/C19H16ClN3O4S/c1-26-9-8-22-14-7-6-12(20)10-16(14)28-18(22)21-17(24)11-23-13-4-2-3-5-15(13)27-19(23)25/h2-7,10H,8-9,11H2,1H3. The van der Waals surface area contributed by atoms with Gasteiger partial charge in [-0.3, -0.25) is 9.36 Å². The summed E-state index contributed by atoms with van der Waals surface area (Å²) in [5.41, 5.74) is 1.92. The number of ether oxygens (including phenoxy) is 1. The maximum absolute atomic E-state index is 12.6.